The van der Waals surface area contributed by atoms with Gasteiger partial charge in [-0.1, -0.05) is 24.3 Å². The SMILES string of the molecule is O=C1[C@@H]2[C@@H](C(=O)[C@H]3[C@H]1[C@@H]1C=C[C@@H]3C13CC3)[C@@H]1C=C[C@H]2C12CC2. The summed E-state index contributed by atoms with van der Waals surface area (Å²) in [5, 5.41) is 0. The second kappa shape index (κ2) is 2.95. The van der Waals surface area contributed by atoms with Crippen LogP contribution < -0.4 is 0 Å². The molecule has 5 saturated carbocycles. The Morgan fingerprint density at radius 3 is 1.09 bits per heavy atom. The fourth-order valence-electron chi connectivity index (χ4n) is 7.97. The van der Waals surface area contributed by atoms with Crippen molar-refractivity contribution in [3.63, 3.8) is 0 Å². The number of carbonyl (C=O) groups excluding carboxylic acids is 2. The fourth-order valence-corrected chi connectivity index (χ4v) is 7.97. The van der Waals surface area contributed by atoms with E-state index in [0.29, 0.717) is 46.1 Å². The van der Waals surface area contributed by atoms with Crippen LogP contribution in [-0.2, 0) is 9.59 Å². The van der Waals surface area contributed by atoms with E-state index in [4.69, 9.17) is 0 Å². The molecule has 0 aliphatic heterocycles. The first kappa shape index (κ1) is 11.4. The molecular formula is C20H20O2. The molecule has 0 heterocycles. The van der Waals surface area contributed by atoms with Crippen LogP contribution in [0.1, 0.15) is 25.7 Å². The highest BCUT2D eigenvalue weighted by molar-refractivity contribution is 6.03. The lowest BCUT2D eigenvalue weighted by Gasteiger charge is -2.40. The van der Waals surface area contributed by atoms with Gasteiger partial charge in [-0.3, -0.25) is 9.59 Å². The topological polar surface area (TPSA) is 34.1 Å². The summed E-state index contributed by atoms with van der Waals surface area (Å²) < 4.78 is 0. The van der Waals surface area contributed by atoms with Crippen LogP contribution >= 0.6 is 0 Å². The van der Waals surface area contributed by atoms with E-state index in [0.717, 1.165) is 0 Å². The molecule has 0 saturated heterocycles. The molecule has 7 rings (SSSR count). The molecular weight excluding hydrogens is 272 g/mol. The average Bonchev–Trinajstić information content (AvgIpc) is 3.37. The molecule has 0 aromatic rings. The van der Waals surface area contributed by atoms with E-state index >= 15 is 0 Å². The summed E-state index contributed by atoms with van der Waals surface area (Å²) in [5.74, 6) is 2.78. The van der Waals surface area contributed by atoms with Crippen LogP contribution in [0.4, 0.5) is 0 Å². The Morgan fingerprint density at radius 2 is 0.864 bits per heavy atom. The Balaban J connectivity index is 1.41. The molecule has 0 aromatic carbocycles. The molecule has 4 bridgehead atoms. The first-order chi connectivity index (χ1) is 10.7. The van der Waals surface area contributed by atoms with Crippen molar-refractivity contribution >= 4 is 11.6 Å². The van der Waals surface area contributed by atoms with E-state index in [9.17, 15) is 9.59 Å². The number of rotatable bonds is 0. The Bertz CT molecular complexity index is 610. The zero-order chi connectivity index (χ0) is 14.4. The summed E-state index contributed by atoms with van der Waals surface area (Å²) in [6.07, 6.45) is 14.2. The van der Waals surface area contributed by atoms with Crippen LogP contribution in [0.2, 0.25) is 0 Å². The van der Waals surface area contributed by atoms with Gasteiger partial charge in [-0.15, -0.1) is 0 Å². The van der Waals surface area contributed by atoms with Crippen LogP contribution in [0, 0.1) is 58.2 Å². The van der Waals surface area contributed by atoms with Crippen LogP contribution in [0.5, 0.6) is 0 Å². The summed E-state index contributed by atoms with van der Waals surface area (Å²) in [5.41, 5.74) is 0.673. The summed E-state index contributed by atoms with van der Waals surface area (Å²) >= 11 is 0. The predicted octanol–water partition coefficient (Wildman–Crippen LogP) is 2.80. The molecule has 112 valence electrons. The smallest absolute Gasteiger partial charge is 0.141 e. The van der Waals surface area contributed by atoms with E-state index in [-0.39, 0.29) is 23.7 Å². The number of hydrogen-bond donors (Lipinski definition) is 0. The van der Waals surface area contributed by atoms with Gasteiger partial charge < -0.3 is 0 Å². The molecule has 2 nitrogen and oxygen atoms in total. The Morgan fingerprint density at radius 1 is 0.591 bits per heavy atom. The van der Waals surface area contributed by atoms with E-state index < -0.39 is 0 Å². The number of ketones is 2. The zero-order valence-electron chi connectivity index (χ0n) is 12.6. The molecule has 5 fully saturated rings. The van der Waals surface area contributed by atoms with Crippen molar-refractivity contribution in [2.45, 2.75) is 25.7 Å². The number of carbonyl (C=O) groups is 2. The van der Waals surface area contributed by atoms with Gasteiger partial charge in [-0.05, 0) is 60.2 Å². The lowest BCUT2D eigenvalue weighted by atomic mass is 9.60. The van der Waals surface area contributed by atoms with Crippen LogP contribution in [-0.4, -0.2) is 11.6 Å². The summed E-state index contributed by atoms with van der Waals surface area (Å²) in [6.45, 7) is 0. The molecule has 0 N–H and O–H groups in total. The minimum atomic E-state index is 0.0507. The third-order valence-electron chi connectivity index (χ3n) is 9.00. The van der Waals surface area contributed by atoms with Crippen molar-refractivity contribution in [1.29, 1.82) is 0 Å². The van der Waals surface area contributed by atoms with Gasteiger partial charge in [0.2, 0.25) is 0 Å². The van der Waals surface area contributed by atoms with E-state index in [2.05, 4.69) is 24.3 Å². The van der Waals surface area contributed by atoms with Gasteiger partial charge in [-0.25, -0.2) is 0 Å². The first-order valence-corrected chi connectivity index (χ1v) is 9.13. The van der Waals surface area contributed by atoms with E-state index in [1.54, 1.807) is 0 Å². The van der Waals surface area contributed by atoms with Crippen LogP contribution in [0.3, 0.4) is 0 Å². The lowest BCUT2D eigenvalue weighted by Crippen LogP contribution is -2.50. The van der Waals surface area contributed by atoms with Crippen molar-refractivity contribution in [3.8, 4) is 0 Å². The van der Waals surface area contributed by atoms with E-state index in [1.165, 1.54) is 25.7 Å². The second-order valence-electron chi connectivity index (χ2n) is 9.25. The summed E-state index contributed by atoms with van der Waals surface area (Å²) in [6, 6.07) is 0. The maximum Gasteiger partial charge on any atom is 0.141 e. The maximum atomic E-state index is 13.4. The van der Waals surface area contributed by atoms with E-state index in [1.807, 2.05) is 0 Å². The number of hydrogen-bond acceptors (Lipinski definition) is 2. The highest BCUT2D eigenvalue weighted by Crippen LogP contribution is 2.78. The van der Waals surface area contributed by atoms with Crippen molar-refractivity contribution in [1.82, 2.24) is 0 Å². The molecule has 2 spiro atoms. The Hall–Kier alpha value is -1.18. The molecule has 7 aliphatic carbocycles. The lowest BCUT2D eigenvalue weighted by molar-refractivity contribution is -0.148. The monoisotopic (exact) mass is 292 g/mol. The molecule has 0 unspecified atom stereocenters. The zero-order valence-corrected chi connectivity index (χ0v) is 12.6. The van der Waals surface area contributed by atoms with Crippen LogP contribution in [0.25, 0.3) is 0 Å². The molecule has 0 amide bonds. The fraction of sp³-hybridized carbons (Fsp3) is 0.700. The third kappa shape index (κ3) is 0.871. The van der Waals surface area contributed by atoms with Gasteiger partial charge in [0, 0.05) is 23.7 Å². The summed E-state index contributed by atoms with van der Waals surface area (Å²) in [4.78, 5) is 26.8. The van der Waals surface area contributed by atoms with Crippen molar-refractivity contribution in [3.05, 3.63) is 24.3 Å². The first-order valence-electron chi connectivity index (χ1n) is 9.13. The highest BCUT2D eigenvalue weighted by atomic mass is 16.1. The largest absolute Gasteiger partial charge is 0.299 e. The van der Waals surface area contributed by atoms with Gasteiger partial charge in [0.25, 0.3) is 0 Å². The number of allylic oxidation sites excluding steroid dienone is 4. The minimum absolute atomic E-state index is 0.0507. The Labute approximate surface area is 130 Å². The average molecular weight is 292 g/mol. The molecule has 22 heavy (non-hydrogen) atoms. The molecule has 0 aromatic heterocycles. The van der Waals surface area contributed by atoms with Gasteiger partial charge in [-0.2, -0.15) is 0 Å². The summed E-state index contributed by atoms with van der Waals surface area (Å²) in [7, 11) is 0. The standard InChI is InChI=1S/C20H20O2/c21-17-13-9-1-2-10(19(9)5-6-19)14(13)18(22)16-12-4-3-11(15(16)17)20(12)7-8-20/h1-4,9-16H,5-8H2/t9-,10-,11-,12+,13+,14+,15-,16-/m0/s1. The quantitative estimate of drug-likeness (QED) is 0.643. The molecule has 8 atom stereocenters. The number of Topliss-reactive ketones (excluding diaryl/α,β-unsaturated/α-hetero) is 2. The highest BCUT2D eigenvalue weighted by Gasteiger charge is 2.78. The van der Waals surface area contributed by atoms with Gasteiger partial charge >= 0.3 is 0 Å². The van der Waals surface area contributed by atoms with Crippen molar-refractivity contribution in [2.24, 2.45) is 58.2 Å². The van der Waals surface area contributed by atoms with Gasteiger partial charge in [0.05, 0.1) is 0 Å². The normalized spacial score (nSPS) is 58.7. The molecule has 7 aliphatic rings. The third-order valence-corrected chi connectivity index (χ3v) is 9.00. The van der Waals surface area contributed by atoms with Crippen molar-refractivity contribution < 1.29 is 9.59 Å². The Kier molecular flexibility index (Phi) is 1.52. The maximum absolute atomic E-state index is 13.4. The molecule has 0 radical (unpaired) electrons. The van der Waals surface area contributed by atoms with Crippen molar-refractivity contribution in [2.75, 3.05) is 0 Å². The van der Waals surface area contributed by atoms with Gasteiger partial charge in [0.1, 0.15) is 11.6 Å². The van der Waals surface area contributed by atoms with Gasteiger partial charge in [0.15, 0.2) is 0 Å². The minimum Gasteiger partial charge on any atom is -0.299 e. The predicted molar refractivity (Wildman–Crippen MR) is 79.5 cm³/mol. The van der Waals surface area contributed by atoms with Crippen LogP contribution in [0.15, 0.2) is 24.3 Å². The molecule has 2 heteroatoms. The number of fused-ring (bicyclic) bond motifs is 6. The second-order valence-corrected chi connectivity index (χ2v) is 9.25.